The van der Waals surface area contributed by atoms with Gasteiger partial charge in [-0.25, -0.2) is 4.79 Å². The van der Waals surface area contributed by atoms with Crippen LogP contribution in [0.25, 0.3) is 0 Å². The Bertz CT molecular complexity index is 556. The van der Waals surface area contributed by atoms with Gasteiger partial charge in [0, 0.05) is 17.3 Å². The van der Waals surface area contributed by atoms with E-state index in [0.29, 0.717) is 5.22 Å². The van der Waals surface area contributed by atoms with Crippen LogP contribution in [-0.2, 0) is 4.74 Å². The first kappa shape index (κ1) is 12.6. The van der Waals surface area contributed by atoms with E-state index < -0.39 is 5.97 Å². The number of hydrogen-bond acceptors (Lipinski definition) is 7. The minimum Gasteiger partial charge on any atom is -0.459 e. The van der Waals surface area contributed by atoms with Crippen LogP contribution in [0.2, 0.25) is 0 Å². The van der Waals surface area contributed by atoms with Gasteiger partial charge >= 0.3 is 11.9 Å². The standard InChI is InChI=1S/C11H11N3O3S/c1-3-16-10(15)9-13-14-11(17-9)18-8-4-5-12-6-7(8)2/h4-6H,3H2,1-2H3. The third kappa shape index (κ3) is 2.86. The molecule has 0 saturated heterocycles. The van der Waals surface area contributed by atoms with Crippen LogP contribution >= 0.6 is 11.8 Å². The van der Waals surface area contributed by atoms with E-state index in [1.807, 2.05) is 13.0 Å². The summed E-state index contributed by atoms with van der Waals surface area (Å²) < 4.78 is 9.96. The van der Waals surface area contributed by atoms with Crippen LogP contribution in [0.5, 0.6) is 0 Å². The third-order valence-corrected chi connectivity index (χ3v) is 3.04. The molecule has 0 atom stereocenters. The van der Waals surface area contributed by atoms with Crippen molar-refractivity contribution in [3.8, 4) is 0 Å². The summed E-state index contributed by atoms with van der Waals surface area (Å²) in [6.45, 7) is 3.91. The van der Waals surface area contributed by atoms with Crippen molar-refractivity contribution in [2.75, 3.05) is 6.61 Å². The van der Waals surface area contributed by atoms with Crippen molar-refractivity contribution in [1.29, 1.82) is 0 Å². The molecule has 0 aromatic carbocycles. The second-order valence-electron chi connectivity index (χ2n) is 3.34. The Labute approximate surface area is 108 Å². The van der Waals surface area contributed by atoms with Gasteiger partial charge in [-0.05, 0) is 37.2 Å². The molecule has 0 fully saturated rings. The van der Waals surface area contributed by atoms with Crippen molar-refractivity contribution in [2.24, 2.45) is 0 Å². The Hall–Kier alpha value is -1.89. The van der Waals surface area contributed by atoms with Crippen LogP contribution < -0.4 is 0 Å². The van der Waals surface area contributed by atoms with Crippen LogP contribution in [0.15, 0.2) is 33.0 Å². The summed E-state index contributed by atoms with van der Waals surface area (Å²) in [6, 6.07) is 1.84. The van der Waals surface area contributed by atoms with E-state index in [4.69, 9.17) is 9.15 Å². The van der Waals surface area contributed by atoms with E-state index in [2.05, 4.69) is 15.2 Å². The SMILES string of the molecule is CCOC(=O)c1nnc(Sc2ccncc2C)o1. The lowest BCUT2D eigenvalue weighted by Crippen LogP contribution is -2.04. The molecule has 18 heavy (non-hydrogen) atoms. The number of hydrogen-bond donors (Lipinski definition) is 0. The Morgan fingerprint density at radius 3 is 3.06 bits per heavy atom. The Kier molecular flexibility index (Phi) is 3.93. The molecule has 0 N–H and O–H groups in total. The van der Waals surface area contributed by atoms with Crippen LogP contribution in [0.4, 0.5) is 0 Å². The summed E-state index contributed by atoms with van der Waals surface area (Å²) in [5.74, 6) is -0.741. The van der Waals surface area contributed by atoms with Crippen molar-refractivity contribution in [2.45, 2.75) is 24.0 Å². The van der Waals surface area contributed by atoms with Gasteiger partial charge in [0.25, 0.3) is 5.22 Å². The van der Waals surface area contributed by atoms with Crippen LogP contribution in [-0.4, -0.2) is 27.8 Å². The number of aromatic nitrogens is 3. The first-order chi connectivity index (χ1) is 8.70. The van der Waals surface area contributed by atoms with Gasteiger partial charge in [-0.2, -0.15) is 0 Å². The van der Waals surface area contributed by atoms with E-state index >= 15 is 0 Å². The molecular formula is C11H11N3O3S. The Balaban J connectivity index is 2.12. The molecule has 0 aliphatic carbocycles. The molecule has 2 rings (SSSR count). The lowest BCUT2D eigenvalue weighted by Gasteiger charge is -1.99. The average molecular weight is 265 g/mol. The molecule has 0 spiro atoms. The van der Waals surface area contributed by atoms with E-state index in [1.165, 1.54) is 11.8 Å². The molecule has 94 valence electrons. The summed E-state index contributed by atoms with van der Waals surface area (Å²) in [7, 11) is 0. The zero-order valence-electron chi connectivity index (χ0n) is 9.91. The van der Waals surface area contributed by atoms with Crippen LogP contribution in [0.1, 0.15) is 23.2 Å². The first-order valence-electron chi connectivity index (χ1n) is 5.29. The van der Waals surface area contributed by atoms with Gasteiger partial charge in [0.15, 0.2) is 0 Å². The zero-order chi connectivity index (χ0) is 13.0. The summed E-state index contributed by atoms with van der Waals surface area (Å²) in [6.07, 6.45) is 3.42. The van der Waals surface area contributed by atoms with E-state index in [9.17, 15) is 4.79 Å². The minimum atomic E-state index is -0.608. The smallest absolute Gasteiger partial charge is 0.396 e. The molecule has 0 bridgehead atoms. The van der Waals surface area contributed by atoms with Gasteiger partial charge in [-0.1, -0.05) is 5.10 Å². The maximum Gasteiger partial charge on any atom is 0.396 e. The van der Waals surface area contributed by atoms with Gasteiger partial charge < -0.3 is 9.15 Å². The molecule has 2 aromatic heterocycles. The monoisotopic (exact) mass is 265 g/mol. The third-order valence-electron chi connectivity index (χ3n) is 2.02. The van der Waals surface area contributed by atoms with Gasteiger partial charge in [0.2, 0.25) is 0 Å². The van der Waals surface area contributed by atoms with Gasteiger partial charge in [0.05, 0.1) is 6.61 Å². The number of aryl methyl sites for hydroxylation is 1. The lowest BCUT2D eigenvalue weighted by atomic mass is 10.3. The van der Waals surface area contributed by atoms with E-state index in [0.717, 1.165) is 10.5 Å². The zero-order valence-corrected chi connectivity index (χ0v) is 10.7. The highest BCUT2D eigenvalue weighted by Crippen LogP contribution is 2.28. The quantitative estimate of drug-likeness (QED) is 0.783. The molecule has 0 radical (unpaired) electrons. The van der Waals surface area contributed by atoms with Crippen LogP contribution in [0, 0.1) is 6.92 Å². The number of ether oxygens (including phenoxy) is 1. The van der Waals surface area contributed by atoms with Crippen molar-refractivity contribution >= 4 is 17.7 Å². The topological polar surface area (TPSA) is 78.1 Å². The summed E-state index contributed by atoms with van der Waals surface area (Å²) in [5.41, 5.74) is 0.999. The normalized spacial score (nSPS) is 10.3. The number of pyridine rings is 1. The van der Waals surface area contributed by atoms with E-state index in [-0.39, 0.29) is 12.5 Å². The highest BCUT2D eigenvalue weighted by Gasteiger charge is 2.16. The lowest BCUT2D eigenvalue weighted by molar-refractivity contribution is 0.0475. The maximum absolute atomic E-state index is 11.3. The molecular weight excluding hydrogens is 254 g/mol. The summed E-state index contributed by atoms with van der Waals surface area (Å²) in [5, 5.41) is 7.71. The number of esters is 1. The van der Waals surface area contributed by atoms with Crippen molar-refractivity contribution < 1.29 is 13.9 Å². The number of nitrogens with zero attached hydrogens (tertiary/aromatic N) is 3. The molecule has 0 aliphatic rings. The molecule has 0 saturated carbocycles. The first-order valence-corrected chi connectivity index (χ1v) is 6.11. The van der Waals surface area contributed by atoms with Gasteiger partial charge in [-0.3, -0.25) is 4.98 Å². The fourth-order valence-corrected chi connectivity index (χ4v) is 1.93. The van der Waals surface area contributed by atoms with Crippen molar-refractivity contribution in [3.05, 3.63) is 29.9 Å². The van der Waals surface area contributed by atoms with Crippen molar-refractivity contribution in [1.82, 2.24) is 15.2 Å². The maximum atomic E-state index is 11.3. The second-order valence-corrected chi connectivity index (χ2v) is 4.33. The average Bonchev–Trinajstić information content (AvgIpc) is 2.81. The predicted octanol–water partition coefficient (Wildman–Crippen LogP) is 2.10. The van der Waals surface area contributed by atoms with E-state index in [1.54, 1.807) is 19.3 Å². The predicted molar refractivity (Wildman–Crippen MR) is 63.4 cm³/mol. The fourth-order valence-electron chi connectivity index (χ4n) is 1.20. The molecule has 0 amide bonds. The van der Waals surface area contributed by atoms with Crippen molar-refractivity contribution in [3.63, 3.8) is 0 Å². The minimum absolute atomic E-state index is 0.133. The highest BCUT2D eigenvalue weighted by atomic mass is 32.2. The summed E-state index contributed by atoms with van der Waals surface area (Å²) in [4.78, 5) is 16.3. The Morgan fingerprint density at radius 1 is 1.50 bits per heavy atom. The van der Waals surface area contributed by atoms with Gasteiger partial charge in [0.1, 0.15) is 0 Å². The highest BCUT2D eigenvalue weighted by molar-refractivity contribution is 7.99. The number of carbonyl (C=O) groups is 1. The fraction of sp³-hybridized carbons (Fsp3) is 0.273. The Morgan fingerprint density at radius 2 is 2.33 bits per heavy atom. The second kappa shape index (κ2) is 5.63. The molecule has 7 heteroatoms. The number of rotatable bonds is 4. The van der Waals surface area contributed by atoms with Crippen LogP contribution in [0.3, 0.4) is 0 Å². The molecule has 6 nitrogen and oxygen atoms in total. The summed E-state index contributed by atoms with van der Waals surface area (Å²) >= 11 is 1.28. The molecule has 0 aliphatic heterocycles. The molecule has 0 unspecified atom stereocenters. The largest absolute Gasteiger partial charge is 0.459 e. The number of carbonyl (C=O) groups excluding carboxylic acids is 1. The van der Waals surface area contributed by atoms with Gasteiger partial charge in [-0.15, -0.1) is 5.10 Å². The molecule has 2 aromatic rings. The molecule has 2 heterocycles.